The van der Waals surface area contributed by atoms with Crippen molar-refractivity contribution in [3.05, 3.63) is 69.7 Å². The molecule has 2 rings (SSSR count). The van der Waals surface area contributed by atoms with Gasteiger partial charge in [-0.25, -0.2) is 0 Å². The van der Waals surface area contributed by atoms with Crippen LogP contribution in [-0.4, -0.2) is 6.54 Å². The molecule has 2 atom stereocenters. The van der Waals surface area contributed by atoms with Crippen LogP contribution in [0.15, 0.2) is 48.5 Å². The van der Waals surface area contributed by atoms with Gasteiger partial charge in [-0.1, -0.05) is 66.5 Å². The first kappa shape index (κ1) is 16.4. The Labute approximate surface area is 137 Å². The zero-order chi connectivity index (χ0) is 15.2. The number of hydrogen-bond donors (Lipinski definition) is 1. The third-order valence-electron chi connectivity index (χ3n) is 3.83. The first-order valence-electron chi connectivity index (χ1n) is 7.31. The fourth-order valence-electron chi connectivity index (χ4n) is 2.43. The van der Waals surface area contributed by atoms with E-state index in [-0.39, 0.29) is 6.04 Å². The van der Waals surface area contributed by atoms with Crippen LogP contribution in [0.2, 0.25) is 10.0 Å². The highest BCUT2D eigenvalue weighted by molar-refractivity contribution is 6.35. The van der Waals surface area contributed by atoms with Crippen LogP contribution in [0.3, 0.4) is 0 Å². The normalized spacial score (nSPS) is 13.9. The van der Waals surface area contributed by atoms with E-state index in [2.05, 4.69) is 49.5 Å². The molecule has 0 aliphatic rings. The summed E-state index contributed by atoms with van der Waals surface area (Å²) in [7, 11) is 0. The van der Waals surface area contributed by atoms with Gasteiger partial charge < -0.3 is 5.32 Å². The molecule has 0 spiro atoms. The molecule has 0 heterocycles. The molecule has 112 valence electrons. The Morgan fingerprint density at radius 3 is 2.38 bits per heavy atom. The minimum Gasteiger partial charge on any atom is -0.310 e. The Kier molecular flexibility index (Phi) is 6.10. The maximum atomic E-state index is 6.24. The van der Waals surface area contributed by atoms with Crippen molar-refractivity contribution in [3.63, 3.8) is 0 Å². The molecule has 0 aromatic heterocycles. The van der Waals surface area contributed by atoms with Gasteiger partial charge in [-0.2, -0.15) is 0 Å². The second-order valence-electron chi connectivity index (χ2n) is 5.44. The molecule has 3 heteroatoms. The van der Waals surface area contributed by atoms with Gasteiger partial charge in [-0.05, 0) is 49.1 Å². The van der Waals surface area contributed by atoms with E-state index in [1.807, 2.05) is 12.1 Å². The van der Waals surface area contributed by atoms with Crippen molar-refractivity contribution in [1.82, 2.24) is 5.32 Å². The van der Waals surface area contributed by atoms with Crippen molar-refractivity contribution >= 4 is 23.2 Å². The van der Waals surface area contributed by atoms with Gasteiger partial charge in [0, 0.05) is 16.1 Å². The van der Waals surface area contributed by atoms with Crippen molar-refractivity contribution < 1.29 is 0 Å². The van der Waals surface area contributed by atoms with Crippen LogP contribution >= 0.6 is 23.2 Å². The molecule has 1 nitrogen and oxygen atoms in total. The van der Waals surface area contributed by atoms with Gasteiger partial charge in [-0.3, -0.25) is 0 Å². The highest BCUT2D eigenvalue weighted by Gasteiger charge is 2.10. The van der Waals surface area contributed by atoms with Crippen LogP contribution in [-0.2, 0) is 0 Å². The molecule has 0 fully saturated rings. The topological polar surface area (TPSA) is 12.0 Å². The summed E-state index contributed by atoms with van der Waals surface area (Å²) in [6.45, 7) is 5.34. The lowest BCUT2D eigenvalue weighted by molar-refractivity contribution is 0.531. The Morgan fingerprint density at radius 2 is 1.71 bits per heavy atom. The first-order chi connectivity index (χ1) is 10.1. The van der Waals surface area contributed by atoms with Crippen LogP contribution < -0.4 is 5.32 Å². The largest absolute Gasteiger partial charge is 0.310 e. The maximum absolute atomic E-state index is 6.24. The Hall–Kier alpha value is -1.02. The van der Waals surface area contributed by atoms with Crippen molar-refractivity contribution in [1.29, 1.82) is 0 Å². The van der Waals surface area contributed by atoms with Crippen molar-refractivity contribution in [2.45, 2.75) is 32.2 Å². The summed E-state index contributed by atoms with van der Waals surface area (Å²) in [6, 6.07) is 16.5. The number of nitrogens with one attached hydrogen (secondary N) is 1. The lowest BCUT2D eigenvalue weighted by atomic mass is 9.97. The van der Waals surface area contributed by atoms with Gasteiger partial charge in [0.15, 0.2) is 0 Å². The maximum Gasteiger partial charge on any atom is 0.0468 e. The standard InChI is InChI=1S/C18H21Cl2N/c1-13(15-6-4-3-5-7-15)10-11-21-14(2)17-9-8-16(19)12-18(17)20/h3-9,12-14,21H,10-11H2,1-2H3. The second kappa shape index (κ2) is 7.84. The lowest BCUT2D eigenvalue weighted by Gasteiger charge is -2.18. The van der Waals surface area contributed by atoms with E-state index in [1.165, 1.54) is 5.56 Å². The molecule has 1 N–H and O–H groups in total. The van der Waals surface area contributed by atoms with Crippen LogP contribution in [0.25, 0.3) is 0 Å². The molecule has 2 aromatic rings. The summed E-state index contributed by atoms with van der Waals surface area (Å²) in [5.74, 6) is 0.548. The fourth-order valence-corrected chi connectivity index (χ4v) is 3.00. The summed E-state index contributed by atoms with van der Waals surface area (Å²) in [5, 5.41) is 4.93. The van der Waals surface area contributed by atoms with Crippen LogP contribution in [0.1, 0.15) is 43.4 Å². The van der Waals surface area contributed by atoms with E-state index in [4.69, 9.17) is 23.2 Å². The molecular formula is C18H21Cl2N. The van der Waals surface area contributed by atoms with Crippen LogP contribution in [0.5, 0.6) is 0 Å². The molecule has 0 amide bonds. The summed E-state index contributed by atoms with van der Waals surface area (Å²) >= 11 is 12.2. The van der Waals surface area contributed by atoms with Gasteiger partial charge in [0.05, 0.1) is 0 Å². The van der Waals surface area contributed by atoms with E-state index in [0.29, 0.717) is 10.9 Å². The summed E-state index contributed by atoms with van der Waals surface area (Å²) < 4.78 is 0. The van der Waals surface area contributed by atoms with Crippen molar-refractivity contribution in [3.8, 4) is 0 Å². The SMILES string of the molecule is CC(CCNC(C)c1ccc(Cl)cc1Cl)c1ccccc1. The molecule has 0 saturated carbocycles. The van der Waals surface area contributed by atoms with Gasteiger partial charge in [0.2, 0.25) is 0 Å². The monoisotopic (exact) mass is 321 g/mol. The number of benzene rings is 2. The molecule has 0 aliphatic heterocycles. The van der Waals surface area contributed by atoms with Gasteiger partial charge in [-0.15, -0.1) is 0 Å². The predicted octanol–water partition coefficient (Wildman–Crippen LogP) is 5.84. The zero-order valence-corrected chi connectivity index (χ0v) is 14.0. The van der Waals surface area contributed by atoms with Gasteiger partial charge in [0.25, 0.3) is 0 Å². The molecular weight excluding hydrogens is 301 g/mol. The highest BCUT2D eigenvalue weighted by atomic mass is 35.5. The number of hydrogen-bond acceptors (Lipinski definition) is 1. The molecule has 0 aliphatic carbocycles. The minimum absolute atomic E-state index is 0.220. The second-order valence-corrected chi connectivity index (χ2v) is 6.29. The number of rotatable bonds is 6. The third-order valence-corrected chi connectivity index (χ3v) is 4.39. The highest BCUT2D eigenvalue weighted by Crippen LogP contribution is 2.26. The van der Waals surface area contributed by atoms with Crippen LogP contribution in [0.4, 0.5) is 0 Å². The quantitative estimate of drug-likeness (QED) is 0.704. The third kappa shape index (κ3) is 4.74. The molecule has 0 bridgehead atoms. The Bertz CT molecular complexity index is 569. The van der Waals surface area contributed by atoms with Crippen LogP contribution in [0, 0.1) is 0 Å². The van der Waals surface area contributed by atoms with E-state index in [0.717, 1.165) is 23.6 Å². The smallest absolute Gasteiger partial charge is 0.0468 e. The molecule has 2 aromatic carbocycles. The average Bonchev–Trinajstić information content (AvgIpc) is 2.47. The molecule has 0 saturated heterocycles. The number of halogens is 2. The Morgan fingerprint density at radius 1 is 1.00 bits per heavy atom. The van der Waals surface area contributed by atoms with E-state index >= 15 is 0 Å². The van der Waals surface area contributed by atoms with E-state index in [9.17, 15) is 0 Å². The first-order valence-corrected chi connectivity index (χ1v) is 8.07. The fraction of sp³-hybridized carbons (Fsp3) is 0.333. The van der Waals surface area contributed by atoms with Crippen molar-refractivity contribution in [2.24, 2.45) is 0 Å². The summed E-state index contributed by atoms with van der Waals surface area (Å²) in [6.07, 6.45) is 1.10. The molecule has 0 radical (unpaired) electrons. The van der Waals surface area contributed by atoms with Gasteiger partial charge in [0.1, 0.15) is 0 Å². The Balaban J connectivity index is 1.85. The summed E-state index contributed by atoms with van der Waals surface area (Å²) in [4.78, 5) is 0. The minimum atomic E-state index is 0.220. The van der Waals surface area contributed by atoms with E-state index < -0.39 is 0 Å². The lowest BCUT2D eigenvalue weighted by Crippen LogP contribution is -2.21. The zero-order valence-electron chi connectivity index (χ0n) is 12.4. The molecule has 2 unspecified atom stereocenters. The van der Waals surface area contributed by atoms with E-state index in [1.54, 1.807) is 6.07 Å². The molecule has 21 heavy (non-hydrogen) atoms. The average molecular weight is 322 g/mol. The summed E-state index contributed by atoms with van der Waals surface area (Å²) in [5.41, 5.74) is 2.48. The van der Waals surface area contributed by atoms with Crippen molar-refractivity contribution in [2.75, 3.05) is 6.54 Å². The predicted molar refractivity (Wildman–Crippen MR) is 92.4 cm³/mol. The van der Waals surface area contributed by atoms with Gasteiger partial charge >= 0.3 is 0 Å².